The van der Waals surface area contributed by atoms with Crippen LogP contribution in [0.5, 0.6) is 11.8 Å². The van der Waals surface area contributed by atoms with Gasteiger partial charge in [0.2, 0.25) is 11.8 Å². The zero-order chi connectivity index (χ0) is 25.9. The molecule has 0 saturated carbocycles. The summed E-state index contributed by atoms with van der Waals surface area (Å²) in [6, 6.07) is 9.62. The smallest absolute Gasteiger partial charge is 0.301 e. The number of amides is 2. The molecule has 2 aromatic heterocycles. The number of allylic oxidation sites excluding steroid dienone is 3. The number of hydrogen-bond donors (Lipinski definition) is 3. The average molecular weight is 508 g/mol. The van der Waals surface area contributed by atoms with E-state index in [4.69, 9.17) is 21.3 Å². The molecule has 2 amide bonds. The van der Waals surface area contributed by atoms with Gasteiger partial charge >= 0.3 is 6.01 Å². The molecule has 0 saturated heterocycles. The van der Waals surface area contributed by atoms with Crippen LogP contribution in [-0.4, -0.2) is 33.3 Å². The van der Waals surface area contributed by atoms with Gasteiger partial charge in [-0.1, -0.05) is 41.5 Å². The predicted octanol–water partition coefficient (Wildman–Crippen LogP) is 5.40. The second-order valence-corrected chi connectivity index (χ2v) is 9.82. The summed E-state index contributed by atoms with van der Waals surface area (Å²) in [6.45, 7) is 7.56. The number of fused-ring (bicyclic) bond motifs is 1. The Morgan fingerprint density at radius 1 is 1.08 bits per heavy atom. The molecule has 3 aromatic rings. The van der Waals surface area contributed by atoms with Gasteiger partial charge in [-0.15, -0.1) is 0 Å². The second kappa shape index (κ2) is 10.5. The van der Waals surface area contributed by atoms with Gasteiger partial charge in [0.1, 0.15) is 5.75 Å². The number of rotatable bonds is 8. The first-order chi connectivity index (χ1) is 17.1. The van der Waals surface area contributed by atoms with Crippen LogP contribution < -0.4 is 15.4 Å². The van der Waals surface area contributed by atoms with Crippen molar-refractivity contribution in [2.24, 2.45) is 0 Å². The highest BCUT2D eigenvalue weighted by atomic mass is 35.5. The average Bonchev–Trinajstić information content (AvgIpc) is 3.19. The molecule has 0 atom stereocenters. The Bertz CT molecular complexity index is 1360. The van der Waals surface area contributed by atoms with Crippen molar-refractivity contribution in [2.45, 2.75) is 52.5 Å². The van der Waals surface area contributed by atoms with Crippen molar-refractivity contribution in [1.82, 2.24) is 25.6 Å². The minimum Gasteiger partial charge on any atom is -0.426 e. The maximum Gasteiger partial charge on any atom is 0.301 e. The molecule has 0 radical (unpaired) electrons. The third-order valence-electron chi connectivity index (χ3n) is 6.04. The molecule has 9 heteroatoms. The Labute approximate surface area is 215 Å². The van der Waals surface area contributed by atoms with Gasteiger partial charge in [-0.25, -0.2) is 4.98 Å². The molecule has 1 aromatic carbocycles. The first kappa shape index (κ1) is 25.4. The van der Waals surface area contributed by atoms with Crippen LogP contribution in [0.3, 0.4) is 0 Å². The van der Waals surface area contributed by atoms with Crippen LogP contribution >= 0.6 is 11.6 Å². The maximum absolute atomic E-state index is 11.5. The Balaban J connectivity index is 1.48. The molecule has 2 heterocycles. The van der Waals surface area contributed by atoms with Gasteiger partial charge in [0.05, 0.1) is 21.8 Å². The summed E-state index contributed by atoms with van der Waals surface area (Å²) in [5, 5.41) is 6.31. The number of aromatic amines is 1. The maximum atomic E-state index is 11.5. The van der Waals surface area contributed by atoms with Crippen LogP contribution in [0, 0.1) is 0 Å². The molecule has 8 nitrogen and oxygen atoms in total. The molecule has 1 aliphatic rings. The summed E-state index contributed by atoms with van der Waals surface area (Å²) in [4.78, 5) is 34.8. The minimum absolute atomic E-state index is 0.0165. The molecule has 188 valence electrons. The lowest BCUT2D eigenvalue weighted by Crippen LogP contribution is -2.39. The van der Waals surface area contributed by atoms with E-state index in [0.717, 1.165) is 30.4 Å². The third-order valence-corrected chi connectivity index (χ3v) is 6.33. The number of hydrogen-bond acceptors (Lipinski definition) is 5. The van der Waals surface area contributed by atoms with Crippen molar-refractivity contribution in [3.63, 3.8) is 0 Å². The van der Waals surface area contributed by atoms with Gasteiger partial charge in [0.15, 0.2) is 5.65 Å². The van der Waals surface area contributed by atoms with E-state index in [0.29, 0.717) is 40.2 Å². The highest BCUT2D eigenvalue weighted by Gasteiger charge is 2.21. The lowest BCUT2D eigenvalue weighted by atomic mass is 9.94. The Kier molecular flexibility index (Phi) is 7.45. The van der Waals surface area contributed by atoms with Crippen LogP contribution in [-0.2, 0) is 15.1 Å². The number of ether oxygens (including phenoxy) is 1. The Morgan fingerprint density at radius 2 is 1.83 bits per heavy atom. The van der Waals surface area contributed by atoms with Crippen molar-refractivity contribution < 1.29 is 14.3 Å². The van der Waals surface area contributed by atoms with Gasteiger partial charge < -0.3 is 20.4 Å². The summed E-state index contributed by atoms with van der Waals surface area (Å²) in [6.07, 6.45) is 6.67. The van der Waals surface area contributed by atoms with Gasteiger partial charge in [-0.2, -0.15) is 4.98 Å². The van der Waals surface area contributed by atoms with Crippen molar-refractivity contribution in [3.8, 4) is 11.8 Å². The number of nitrogens with zero attached hydrogens (tertiary/aromatic N) is 2. The molecule has 0 fully saturated rings. The fraction of sp³-hybridized carbons (Fsp3) is 0.333. The number of carbonyl (C=O) groups excluding carboxylic acids is 2. The lowest BCUT2D eigenvalue weighted by molar-refractivity contribution is -0.121. The van der Waals surface area contributed by atoms with Crippen LogP contribution in [0.15, 0.2) is 48.1 Å². The number of imidazole rings is 1. The highest BCUT2D eigenvalue weighted by molar-refractivity contribution is 6.32. The zero-order valence-corrected chi connectivity index (χ0v) is 21.6. The van der Waals surface area contributed by atoms with E-state index in [1.54, 1.807) is 0 Å². The van der Waals surface area contributed by atoms with E-state index >= 15 is 0 Å². The summed E-state index contributed by atoms with van der Waals surface area (Å²) >= 11 is 6.57. The van der Waals surface area contributed by atoms with Crippen LogP contribution in [0.1, 0.15) is 58.2 Å². The Hall–Kier alpha value is -3.65. The van der Waals surface area contributed by atoms with E-state index < -0.39 is 5.54 Å². The van der Waals surface area contributed by atoms with Crippen LogP contribution in [0.25, 0.3) is 16.7 Å². The van der Waals surface area contributed by atoms with E-state index in [9.17, 15) is 9.59 Å². The fourth-order valence-electron chi connectivity index (χ4n) is 4.22. The Morgan fingerprint density at radius 3 is 2.47 bits per heavy atom. The molecule has 0 aliphatic heterocycles. The number of carbonyl (C=O) groups is 2. The summed E-state index contributed by atoms with van der Waals surface area (Å²) in [5.74, 6) is 0.502. The lowest BCUT2D eigenvalue weighted by Gasteiger charge is -2.26. The topological polar surface area (TPSA) is 109 Å². The molecule has 0 spiro atoms. The normalized spacial score (nSPS) is 13.7. The molecule has 4 rings (SSSR count). The number of H-pyrrole nitrogens is 1. The van der Waals surface area contributed by atoms with Gasteiger partial charge in [-0.05, 0) is 62.4 Å². The van der Waals surface area contributed by atoms with Crippen molar-refractivity contribution in [3.05, 3.63) is 64.3 Å². The molecule has 36 heavy (non-hydrogen) atoms. The van der Waals surface area contributed by atoms with Crippen LogP contribution in [0.4, 0.5) is 0 Å². The predicted molar refractivity (Wildman–Crippen MR) is 141 cm³/mol. The molecular formula is C27H30ClN5O3. The number of aromatic nitrogens is 3. The molecule has 1 aliphatic carbocycles. The first-order valence-corrected chi connectivity index (χ1v) is 12.3. The molecule has 0 unspecified atom stereocenters. The van der Waals surface area contributed by atoms with Gasteiger partial charge in [0, 0.05) is 20.4 Å². The summed E-state index contributed by atoms with van der Waals surface area (Å²) in [7, 11) is 0. The molecule has 0 bridgehead atoms. The molecular weight excluding hydrogens is 478 g/mol. The molecule has 3 N–H and O–H groups in total. The SMILES string of the molecule is CC(=O)NCCC1=CC=C(c2nc3nc(Oc4ccc(C(C)(C)NC(C)=O)cc4)[nH]c3cc2Cl)CC1. The van der Waals surface area contributed by atoms with E-state index in [1.807, 2.05) is 50.3 Å². The van der Waals surface area contributed by atoms with Gasteiger partial charge in [0.25, 0.3) is 0 Å². The van der Waals surface area contributed by atoms with Crippen LogP contribution in [0.2, 0.25) is 5.02 Å². The highest BCUT2D eigenvalue weighted by Crippen LogP contribution is 2.33. The summed E-state index contributed by atoms with van der Waals surface area (Å²) in [5.41, 5.74) is 4.72. The number of benzene rings is 1. The monoisotopic (exact) mass is 507 g/mol. The van der Waals surface area contributed by atoms with E-state index in [-0.39, 0.29) is 11.8 Å². The van der Waals surface area contributed by atoms with E-state index in [2.05, 4.69) is 26.7 Å². The van der Waals surface area contributed by atoms with Crippen molar-refractivity contribution in [1.29, 1.82) is 0 Å². The van der Waals surface area contributed by atoms with E-state index in [1.165, 1.54) is 19.4 Å². The zero-order valence-electron chi connectivity index (χ0n) is 20.9. The minimum atomic E-state index is -0.490. The number of nitrogens with one attached hydrogen (secondary N) is 3. The van der Waals surface area contributed by atoms with Crippen molar-refractivity contribution in [2.75, 3.05) is 6.54 Å². The second-order valence-electron chi connectivity index (χ2n) is 9.41. The number of halogens is 1. The van der Waals surface area contributed by atoms with Crippen molar-refractivity contribution >= 4 is 40.2 Å². The van der Waals surface area contributed by atoms with Gasteiger partial charge in [-0.3, -0.25) is 9.59 Å². The largest absolute Gasteiger partial charge is 0.426 e. The quantitative estimate of drug-likeness (QED) is 0.378. The third kappa shape index (κ3) is 6.12. The summed E-state index contributed by atoms with van der Waals surface area (Å²) < 4.78 is 5.91. The number of pyridine rings is 1. The fourth-order valence-corrected chi connectivity index (χ4v) is 4.49. The standard InChI is InChI=1S/C27H30ClN5O3/c1-16(34)29-14-13-18-5-7-19(8-6-18)24-22(28)15-23-25(31-24)32-26(30-23)36-21-11-9-20(10-12-21)27(3,4)33-17(2)35/h5,7,9-12,15H,6,8,13-14H2,1-4H3,(H,29,34)(H,33,35)(H,30,31,32). The first-order valence-electron chi connectivity index (χ1n) is 11.9.